The molecule has 1 saturated heterocycles. The Morgan fingerprint density at radius 3 is 2.52 bits per heavy atom. The average molecular weight is 360 g/mol. The van der Waals surface area contributed by atoms with Crippen molar-refractivity contribution in [2.24, 2.45) is 5.73 Å². The molecule has 1 aliphatic rings. The molecule has 0 radical (unpaired) electrons. The molecule has 1 fully saturated rings. The van der Waals surface area contributed by atoms with E-state index in [1.54, 1.807) is 0 Å². The number of hydrogen-bond acceptors (Lipinski definition) is 6. The number of nitrogens with two attached hydrogens (primary N) is 1. The fraction of sp³-hybridized carbons (Fsp3) is 0.375. The van der Waals surface area contributed by atoms with Crippen LogP contribution in [0.3, 0.4) is 0 Å². The van der Waals surface area contributed by atoms with Gasteiger partial charge >= 0.3 is 6.03 Å². The summed E-state index contributed by atoms with van der Waals surface area (Å²) in [6, 6.07) is 8.94. The molecule has 3 N–H and O–H groups in total. The first-order valence-electron chi connectivity index (χ1n) is 8.13. The summed E-state index contributed by atoms with van der Waals surface area (Å²) >= 11 is 1.22. The first-order chi connectivity index (χ1) is 12.1. The number of rotatable bonds is 5. The number of carbonyl (C=O) groups is 2. The Balaban J connectivity index is 1.86. The second-order valence-electron chi connectivity index (χ2n) is 5.70. The minimum Gasteiger partial charge on any atom is -0.351 e. The lowest BCUT2D eigenvalue weighted by molar-refractivity contribution is -0.117. The van der Waals surface area contributed by atoms with Crippen LogP contribution in [0.5, 0.6) is 0 Å². The number of thioether (sulfide) groups is 1. The molecule has 0 unspecified atom stereocenters. The van der Waals surface area contributed by atoms with E-state index < -0.39 is 11.9 Å². The number of piperidine rings is 1. The lowest BCUT2D eigenvalue weighted by Gasteiger charge is -2.27. The van der Waals surface area contributed by atoms with E-state index >= 15 is 0 Å². The van der Waals surface area contributed by atoms with Gasteiger partial charge in [0.1, 0.15) is 0 Å². The van der Waals surface area contributed by atoms with Gasteiger partial charge in [-0.1, -0.05) is 30.0 Å². The maximum Gasteiger partial charge on any atom is 0.318 e. The normalized spacial score (nSPS) is 14.3. The van der Waals surface area contributed by atoms with Crippen molar-refractivity contribution in [2.45, 2.75) is 24.4 Å². The predicted octanol–water partition coefficient (Wildman–Crippen LogP) is 1.54. The van der Waals surface area contributed by atoms with Crippen molar-refractivity contribution in [1.82, 2.24) is 20.1 Å². The van der Waals surface area contributed by atoms with Gasteiger partial charge in [-0.3, -0.25) is 14.7 Å². The van der Waals surface area contributed by atoms with E-state index in [-0.39, 0.29) is 5.75 Å². The summed E-state index contributed by atoms with van der Waals surface area (Å²) in [6.07, 6.45) is 3.49. The number of urea groups is 1. The largest absolute Gasteiger partial charge is 0.351 e. The highest BCUT2D eigenvalue weighted by Gasteiger charge is 2.22. The number of nitrogens with one attached hydrogen (secondary N) is 1. The number of para-hydroxylation sites is 1. The predicted molar refractivity (Wildman–Crippen MR) is 95.9 cm³/mol. The minimum atomic E-state index is -0.857. The lowest BCUT2D eigenvalue weighted by atomic mass is 10.1. The summed E-state index contributed by atoms with van der Waals surface area (Å²) in [5, 5.41) is 11.3. The van der Waals surface area contributed by atoms with E-state index in [1.807, 2.05) is 34.9 Å². The molecule has 2 heterocycles. The molecular formula is C16H20N6O2S. The van der Waals surface area contributed by atoms with E-state index in [0.29, 0.717) is 5.16 Å². The van der Waals surface area contributed by atoms with Crippen molar-refractivity contribution in [3.8, 4) is 5.69 Å². The molecule has 1 aliphatic heterocycles. The first-order valence-corrected chi connectivity index (χ1v) is 9.11. The quantitative estimate of drug-likeness (QED) is 0.784. The Labute approximate surface area is 149 Å². The van der Waals surface area contributed by atoms with Crippen LogP contribution in [0.25, 0.3) is 5.69 Å². The second-order valence-corrected chi connectivity index (χ2v) is 6.64. The van der Waals surface area contributed by atoms with Gasteiger partial charge in [-0.05, 0) is 31.4 Å². The lowest BCUT2D eigenvalue weighted by Crippen LogP contribution is -2.36. The standard InChI is InChI=1S/C16H20N6O2S/c17-14(24)18-13(23)11-25-16-20-19-15(21-9-5-2-6-10-21)22(16)12-7-3-1-4-8-12/h1,3-4,7-8H,2,5-6,9-11H2,(H3,17,18,23,24). The van der Waals surface area contributed by atoms with Gasteiger partial charge in [0.15, 0.2) is 5.16 Å². The van der Waals surface area contributed by atoms with Gasteiger partial charge in [0, 0.05) is 13.1 Å². The van der Waals surface area contributed by atoms with Crippen molar-refractivity contribution in [3.05, 3.63) is 30.3 Å². The van der Waals surface area contributed by atoms with Crippen LogP contribution in [-0.4, -0.2) is 45.5 Å². The molecular weight excluding hydrogens is 340 g/mol. The van der Waals surface area contributed by atoms with Crippen LogP contribution >= 0.6 is 11.8 Å². The number of amides is 3. The van der Waals surface area contributed by atoms with Gasteiger partial charge in [-0.15, -0.1) is 10.2 Å². The number of nitrogens with zero attached hydrogens (tertiary/aromatic N) is 4. The Morgan fingerprint density at radius 2 is 1.84 bits per heavy atom. The van der Waals surface area contributed by atoms with Crippen molar-refractivity contribution in [2.75, 3.05) is 23.7 Å². The maximum absolute atomic E-state index is 11.7. The van der Waals surface area contributed by atoms with E-state index in [9.17, 15) is 9.59 Å². The number of benzene rings is 1. The molecule has 1 aromatic carbocycles. The third kappa shape index (κ3) is 4.30. The van der Waals surface area contributed by atoms with E-state index in [0.717, 1.165) is 37.6 Å². The zero-order valence-corrected chi connectivity index (χ0v) is 14.5. The number of anilines is 1. The zero-order valence-electron chi connectivity index (χ0n) is 13.7. The van der Waals surface area contributed by atoms with Gasteiger partial charge in [0.2, 0.25) is 11.9 Å². The Hall–Kier alpha value is -2.55. The molecule has 9 heteroatoms. The molecule has 0 atom stereocenters. The SMILES string of the molecule is NC(=O)NC(=O)CSc1nnc(N2CCCCC2)n1-c1ccccc1. The molecule has 0 bridgehead atoms. The highest BCUT2D eigenvalue weighted by atomic mass is 32.2. The highest BCUT2D eigenvalue weighted by molar-refractivity contribution is 7.99. The Bertz CT molecular complexity index is 742. The van der Waals surface area contributed by atoms with Crippen LogP contribution < -0.4 is 16.0 Å². The van der Waals surface area contributed by atoms with Gasteiger partial charge in [0.25, 0.3) is 0 Å². The summed E-state index contributed by atoms with van der Waals surface area (Å²) < 4.78 is 1.95. The molecule has 0 spiro atoms. The molecule has 0 saturated carbocycles. The Kier molecular flexibility index (Phi) is 5.54. The maximum atomic E-state index is 11.7. The summed E-state index contributed by atoms with van der Waals surface area (Å²) in [7, 11) is 0. The van der Waals surface area contributed by atoms with Gasteiger partial charge < -0.3 is 10.6 Å². The molecule has 3 amide bonds. The van der Waals surface area contributed by atoms with Crippen LogP contribution in [-0.2, 0) is 4.79 Å². The average Bonchev–Trinajstić information content (AvgIpc) is 3.05. The highest BCUT2D eigenvalue weighted by Crippen LogP contribution is 2.28. The molecule has 132 valence electrons. The fourth-order valence-corrected chi connectivity index (χ4v) is 3.51. The van der Waals surface area contributed by atoms with Crippen LogP contribution in [0.4, 0.5) is 10.7 Å². The Morgan fingerprint density at radius 1 is 1.12 bits per heavy atom. The van der Waals surface area contributed by atoms with Gasteiger partial charge in [-0.25, -0.2) is 4.79 Å². The summed E-state index contributed by atoms with van der Waals surface area (Å²) in [5.41, 5.74) is 5.90. The smallest absolute Gasteiger partial charge is 0.318 e. The van der Waals surface area contributed by atoms with Crippen molar-refractivity contribution in [3.63, 3.8) is 0 Å². The van der Waals surface area contributed by atoms with Crippen LogP contribution in [0.1, 0.15) is 19.3 Å². The zero-order chi connectivity index (χ0) is 17.6. The third-order valence-electron chi connectivity index (χ3n) is 3.86. The molecule has 3 rings (SSSR count). The number of aromatic nitrogens is 3. The third-order valence-corrected chi connectivity index (χ3v) is 4.79. The molecule has 25 heavy (non-hydrogen) atoms. The van der Waals surface area contributed by atoms with Gasteiger partial charge in [0.05, 0.1) is 11.4 Å². The second kappa shape index (κ2) is 8.02. The molecule has 0 aliphatic carbocycles. The number of imide groups is 1. The molecule has 2 aromatic rings. The number of hydrogen-bond donors (Lipinski definition) is 2. The van der Waals surface area contributed by atoms with Crippen molar-refractivity contribution >= 4 is 29.6 Å². The number of primary amides is 1. The van der Waals surface area contributed by atoms with Crippen molar-refractivity contribution in [1.29, 1.82) is 0 Å². The van der Waals surface area contributed by atoms with E-state index in [4.69, 9.17) is 5.73 Å². The summed E-state index contributed by atoms with van der Waals surface area (Å²) in [4.78, 5) is 24.7. The van der Waals surface area contributed by atoms with E-state index in [1.165, 1.54) is 18.2 Å². The molecule has 8 nitrogen and oxygen atoms in total. The van der Waals surface area contributed by atoms with Crippen molar-refractivity contribution < 1.29 is 9.59 Å². The number of carbonyl (C=O) groups excluding carboxylic acids is 2. The molecule has 1 aromatic heterocycles. The van der Waals surface area contributed by atoms with Crippen LogP contribution in [0.15, 0.2) is 35.5 Å². The summed E-state index contributed by atoms with van der Waals surface area (Å²) in [5.74, 6) is 0.358. The monoisotopic (exact) mass is 360 g/mol. The first kappa shape index (κ1) is 17.3. The van der Waals surface area contributed by atoms with Gasteiger partial charge in [-0.2, -0.15) is 0 Å². The summed E-state index contributed by atoms with van der Waals surface area (Å²) in [6.45, 7) is 1.88. The minimum absolute atomic E-state index is 0.0356. The van der Waals surface area contributed by atoms with Crippen LogP contribution in [0, 0.1) is 0 Å². The topological polar surface area (TPSA) is 106 Å². The van der Waals surface area contributed by atoms with Crippen LogP contribution in [0.2, 0.25) is 0 Å². The fourth-order valence-electron chi connectivity index (χ4n) is 2.76. The van der Waals surface area contributed by atoms with E-state index in [2.05, 4.69) is 20.4 Å².